The fraction of sp³-hybridized carbons (Fsp3) is 0.125. The highest BCUT2D eigenvalue weighted by Crippen LogP contribution is 2.21. The largest absolute Gasteiger partial charge is 0.397 e. The summed E-state index contributed by atoms with van der Waals surface area (Å²) < 4.78 is 24.8. The number of nitrogen functional groups attached to an aromatic ring is 1. The number of amides is 1. The summed E-state index contributed by atoms with van der Waals surface area (Å²) >= 11 is 5.63. The maximum Gasteiger partial charge on any atom is 0.264 e. The summed E-state index contributed by atoms with van der Waals surface area (Å²) in [7, 11) is -3.84. The highest BCUT2D eigenvalue weighted by Gasteiger charge is 2.16. The van der Waals surface area contributed by atoms with E-state index in [1.54, 1.807) is 0 Å². The van der Waals surface area contributed by atoms with Gasteiger partial charge in [0.05, 0.1) is 15.6 Å². The van der Waals surface area contributed by atoms with Crippen molar-refractivity contribution in [2.45, 2.75) is 11.8 Å². The number of anilines is 1. The van der Waals surface area contributed by atoms with Crippen LogP contribution in [0.15, 0.2) is 23.1 Å². The van der Waals surface area contributed by atoms with Gasteiger partial charge in [-0.25, -0.2) is 13.1 Å². The third-order valence-corrected chi connectivity index (χ3v) is 3.33. The Balaban J connectivity index is 3.17. The molecule has 3 N–H and O–H groups in total. The third kappa shape index (κ3) is 2.84. The van der Waals surface area contributed by atoms with Crippen molar-refractivity contribution in [3.05, 3.63) is 23.2 Å². The standard InChI is InChI=1S/C8H9ClN2O3S/c1-5(12)11-15(13,14)6-2-3-7(9)8(10)4-6/h2-4H,10H2,1H3,(H,11,12). The molecule has 0 aliphatic carbocycles. The van der Waals surface area contributed by atoms with Crippen LogP contribution < -0.4 is 10.5 Å². The van der Waals surface area contributed by atoms with E-state index in [1.807, 2.05) is 4.72 Å². The van der Waals surface area contributed by atoms with Crippen LogP contribution in [0, 0.1) is 0 Å². The zero-order valence-corrected chi connectivity index (χ0v) is 9.39. The molecule has 1 rings (SSSR count). The Morgan fingerprint density at radius 2 is 2.07 bits per heavy atom. The minimum Gasteiger partial charge on any atom is -0.397 e. The molecule has 0 aromatic heterocycles. The molecule has 0 radical (unpaired) electrons. The van der Waals surface area contributed by atoms with Gasteiger partial charge in [-0.15, -0.1) is 0 Å². The van der Waals surface area contributed by atoms with Crippen LogP contribution >= 0.6 is 11.6 Å². The number of hydrogen-bond acceptors (Lipinski definition) is 4. The lowest BCUT2D eigenvalue weighted by Gasteiger charge is -2.05. The Labute approximate surface area is 92.3 Å². The van der Waals surface area contributed by atoms with Gasteiger partial charge in [0.2, 0.25) is 5.91 Å². The molecule has 0 fully saturated rings. The Hall–Kier alpha value is -1.27. The first-order chi connectivity index (χ1) is 6.83. The van der Waals surface area contributed by atoms with Gasteiger partial charge >= 0.3 is 0 Å². The van der Waals surface area contributed by atoms with Crippen molar-refractivity contribution < 1.29 is 13.2 Å². The lowest BCUT2D eigenvalue weighted by molar-refractivity contribution is -0.117. The van der Waals surface area contributed by atoms with Gasteiger partial charge in [0.15, 0.2) is 0 Å². The predicted molar refractivity (Wildman–Crippen MR) is 56.9 cm³/mol. The van der Waals surface area contributed by atoms with Gasteiger partial charge in [-0.2, -0.15) is 0 Å². The van der Waals surface area contributed by atoms with E-state index in [-0.39, 0.29) is 15.6 Å². The third-order valence-electron chi connectivity index (χ3n) is 1.56. The lowest BCUT2D eigenvalue weighted by Crippen LogP contribution is -2.28. The number of sulfonamides is 1. The van der Waals surface area contributed by atoms with Gasteiger partial charge in [0.1, 0.15) is 0 Å². The molecule has 0 aliphatic rings. The van der Waals surface area contributed by atoms with Crippen LogP contribution in [0.1, 0.15) is 6.92 Å². The Morgan fingerprint density at radius 1 is 1.47 bits per heavy atom. The average Bonchev–Trinajstić information content (AvgIpc) is 2.07. The van der Waals surface area contributed by atoms with Gasteiger partial charge in [0.25, 0.3) is 10.0 Å². The first-order valence-electron chi connectivity index (χ1n) is 3.91. The maximum absolute atomic E-state index is 11.5. The van der Waals surface area contributed by atoms with E-state index < -0.39 is 15.9 Å². The van der Waals surface area contributed by atoms with Crippen LogP contribution in [0.5, 0.6) is 0 Å². The fourth-order valence-electron chi connectivity index (χ4n) is 0.937. The number of nitrogens with one attached hydrogen (secondary N) is 1. The summed E-state index contributed by atoms with van der Waals surface area (Å²) in [5, 5.41) is 0.261. The van der Waals surface area contributed by atoms with Gasteiger partial charge in [0, 0.05) is 6.92 Å². The van der Waals surface area contributed by atoms with Crippen molar-refractivity contribution in [2.24, 2.45) is 0 Å². The van der Waals surface area contributed by atoms with Crippen LogP contribution in [0.25, 0.3) is 0 Å². The molecule has 0 aliphatic heterocycles. The van der Waals surface area contributed by atoms with Crippen LogP contribution in [-0.4, -0.2) is 14.3 Å². The number of nitrogens with two attached hydrogens (primary N) is 1. The Bertz CT molecular complexity index is 499. The Kier molecular flexibility index (Phi) is 3.21. The van der Waals surface area contributed by atoms with Crippen molar-refractivity contribution in [3.63, 3.8) is 0 Å². The zero-order chi connectivity index (χ0) is 11.6. The van der Waals surface area contributed by atoms with Crippen LogP contribution in [0.2, 0.25) is 5.02 Å². The summed E-state index contributed by atoms with van der Waals surface area (Å²) in [6.07, 6.45) is 0. The molecule has 0 saturated carbocycles. The van der Waals surface area contributed by atoms with E-state index in [1.165, 1.54) is 18.2 Å². The predicted octanol–water partition coefficient (Wildman–Crippen LogP) is 0.747. The molecular formula is C8H9ClN2O3S. The van der Waals surface area contributed by atoms with Crippen molar-refractivity contribution in [2.75, 3.05) is 5.73 Å². The molecule has 0 atom stereocenters. The van der Waals surface area contributed by atoms with Crippen molar-refractivity contribution in [1.82, 2.24) is 4.72 Å². The van der Waals surface area contributed by atoms with Crippen molar-refractivity contribution >= 4 is 33.2 Å². The molecule has 1 aromatic rings. The molecule has 82 valence electrons. The van der Waals surface area contributed by atoms with Gasteiger partial charge < -0.3 is 5.73 Å². The fourth-order valence-corrected chi connectivity index (χ4v) is 2.08. The maximum atomic E-state index is 11.5. The summed E-state index contributed by atoms with van der Waals surface area (Å²) in [4.78, 5) is 10.5. The summed E-state index contributed by atoms with van der Waals surface area (Å²) in [5.74, 6) is -0.663. The van der Waals surface area contributed by atoms with E-state index >= 15 is 0 Å². The van der Waals surface area contributed by atoms with E-state index in [2.05, 4.69) is 0 Å². The number of hydrogen-bond donors (Lipinski definition) is 2. The summed E-state index contributed by atoms with van der Waals surface area (Å²) in [6, 6.07) is 3.81. The summed E-state index contributed by atoms with van der Waals surface area (Å²) in [6.45, 7) is 1.11. The second kappa shape index (κ2) is 4.08. The molecule has 1 amide bonds. The number of rotatable bonds is 2. The van der Waals surface area contributed by atoms with E-state index in [0.717, 1.165) is 6.92 Å². The first-order valence-corrected chi connectivity index (χ1v) is 5.77. The van der Waals surface area contributed by atoms with E-state index in [4.69, 9.17) is 17.3 Å². The quantitative estimate of drug-likeness (QED) is 0.756. The normalized spacial score (nSPS) is 11.1. The van der Waals surface area contributed by atoms with Crippen LogP contribution in [0.4, 0.5) is 5.69 Å². The van der Waals surface area contributed by atoms with Gasteiger partial charge in [-0.05, 0) is 18.2 Å². The molecule has 0 heterocycles. The smallest absolute Gasteiger partial charge is 0.264 e. The van der Waals surface area contributed by atoms with Gasteiger partial charge in [-0.1, -0.05) is 11.6 Å². The molecule has 7 heteroatoms. The lowest BCUT2D eigenvalue weighted by atomic mass is 10.3. The number of halogens is 1. The number of carbonyl (C=O) groups is 1. The molecule has 0 saturated heterocycles. The number of benzene rings is 1. The minimum absolute atomic E-state index is 0.0976. The van der Waals surface area contributed by atoms with Crippen molar-refractivity contribution in [3.8, 4) is 0 Å². The van der Waals surface area contributed by atoms with Crippen LogP contribution in [-0.2, 0) is 14.8 Å². The molecule has 5 nitrogen and oxygen atoms in total. The second-order valence-corrected chi connectivity index (χ2v) is 4.93. The van der Waals surface area contributed by atoms with E-state index in [9.17, 15) is 13.2 Å². The van der Waals surface area contributed by atoms with Gasteiger partial charge in [-0.3, -0.25) is 4.79 Å². The topological polar surface area (TPSA) is 89.3 Å². The summed E-state index contributed by atoms with van der Waals surface area (Å²) in [5.41, 5.74) is 5.58. The second-order valence-electron chi connectivity index (χ2n) is 2.85. The highest BCUT2D eigenvalue weighted by molar-refractivity contribution is 7.90. The first kappa shape index (κ1) is 11.8. The number of carbonyl (C=O) groups excluding carboxylic acids is 1. The van der Waals surface area contributed by atoms with Crippen molar-refractivity contribution in [1.29, 1.82) is 0 Å². The minimum atomic E-state index is -3.84. The molecule has 0 bridgehead atoms. The highest BCUT2D eigenvalue weighted by atomic mass is 35.5. The van der Waals surface area contributed by atoms with E-state index in [0.29, 0.717) is 0 Å². The van der Waals surface area contributed by atoms with Crippen LogP contribution in [0.3, 0.4) is 0 Å². The SMILES string of the molecule is CC(=O)NS(=O)(=O)c1ccc(Cl)c(N)c1. The average molecular weight is 249 g/mol. The zero-order valence-electron chi connectivity index (χ0n) is 7.82. The monoisotopic (exact) mass is 248 g/mol. The molecule has 15 heavy (non-hydrogen) atoms. The molecule has 0 unspecified atom stereocenters. The molecular weight excluding hydrogens is 240 g/mol. The Morgan fingerprint density at radius 3 is 2.53 bits per heavy atom. The molecule has 0 spiro atoms. The molecule has 1 aromatic carbocycles.